The van der Waals surface area contributed by atoms with E-state index in [4.69, 9.17) is 4.74 Å². The second-order valence-electron chi connectivity index (χ2n) is 7.08. The predicted molar refractivity (Wildman–Crippen MR) is 114 cm³/mol. The first-order valence-corrected chi connectivity index (χ1v) is 11.3. The zero-order valence-corrected chi connectivity index (χ0v) is 17.2. The summed E-state index contributed by atoms with van der Waals surface area (Å²) in [5.74, 6) is 0.697. The number of nitrogens with zero attached hydrogens (tertiary/aromatic N) is 2. The lowest BCUT2D eigenvalue weighted by molar-refractivity contribution is -0.119. The molecule has 1 fully saturated rings. The number of thiazole rings is 1. The minimum atomic E-state index is -0.450. The monoisotopic (exact) mass is 425 g/mol. The van der Waals surface area contributed by atoms with Gasteiger partial charge in [0.25, 0.3) is 5.91 Å². The van der Waals surface area contributed by atoms with Gasteiger partial charge in [-0.15, -0.1) is 22.7 Å². The van der Waals surface area contributed by atoms with Crippen molar-refractivity contribution in [1.82, 2.24) is 9.88 Å². The van der Waals surface area contributed by atoms with Gasteiger partial charge in [-0.05, 0) is 48.1 Å². The molecule has 1 saturated heterocycles. The molecular weight excluding hydrogens is 406 g/mol. The van der Waals surface area contributed by atoms with Crippen molar-refractivity contribution in [2.24, 2.45) is 0 Å². The Balaban J connectivity index is 1.29. The summed E-state index contributed by atoms with van der Waals surface area (Å²) < 4.78 is 5.55. The minimum Gasteiger partial charge on any atom is -0.493 e. The molecule has 5 rings (SSSR count). The Morgan fingerprint density at radius 3 is 3.03 bits per heavy atom. The number of anilines is 1. The van der Waals surface area contributed by atoms with E-state index in [0.29, 0.717) is 23.0 Å². The lowest BCUT2D eigenvalue weighted by Crippen LogP contribution is -2.42. The third kappa shape index (κ3) is 3.54. The van der Waals surface area contributed by atoms with E-state index in [1.807, 2.05) is 29.0 Å². The first-order valence-electron chi connectivity index (χ1n) is 9.56. The van der Waals surface area contributed by atoms with E-state index in [9.17, 15) is 9.59 Å². The first kappa shape index (κ1) is 18.3. The van der Waals surface area contributed by atoms with Crippen LogP contribution in [0.5, 0.6) is 5.75 Å². The van der Waals surface area contributed by atoms with Crippen LogP contribution >= 0.6 is 22.7 Å². The summed E-state index contributed by atoms with van der Waals surface area (Å²) in [6, 6.07) is 9.27. The number of rotatable bonds is 4. The fraction of sp³-hybridized carbons (Fsp3) is 0.286. The van der Waals surface area contributed by atoms with E-state index >= 15 is 0 Å². The van der Waals surface area contributed by atoms with Crippen LogP contribution in [-0.4, -0.2) is 40.9 Å². The molecule has 0 unspecified atom stereocenters. The number of hydrogen-bond acceptors (Lipinski definition) is 6. The zero-order valence-electron chi connectivity index (χ0n) is 15.6. The quantitative estimate of drug-likeness (QED) is 0.685. The molecule has 2 aliphatic heterocycles. The molecule has 6 nitrogen and oxygen atoms in total. The number of amides is 2. The third-order valence-electron chi connectivity index (χ3n) is 5.27. The highest BCUT2D eigenvalue weighted by molar-refractivity contribution is 7.14. The summed E-state index contributed by atoms with van der Waals surface area (Å²) in [5.41, 5.74) is 3.04. The van der Waals surface area contributed by atoms with Gasteiger partial charge >= 0.3 is 0 Å². The van der Waals surface area contributed by atoms with Crippen LogP contribution in [0.25, 0.3) is 11.3 Å². The standard InChI is InChI=1S/C21H19N3O3S2/c25-19(16-3-1-8-24(16)20(26)18-4-2-10-28-18)23-21-22-15(12-29-21)13-5-6-17-14(11-13)7-9-27-17/h2,4-6,10-12,16H,1,3,7-9H2,(H,22,23,25)/t16-/m0/s1. The maximum absolute atomic E-state index is 12.8. The summed E-state index contributed by atoms with van der Waals surface area (Å²) in [6.45, 7) is 1.33. The molecule has 1 aromatic carbocycles. The van der Waals surface area contributed by atoms with Gasteiger partial charge in [-0.1, -0.05) is 6.07 Å². The topological polar surface area (TPSA) is 71.5 Å². The molecule has 4 heterocycles. The SMILES string of the molecule is O=C(Nc1nc(-c2ccc3c(c2)CCO3)cs1)[C@@H]1CCCN1C(=O)c1cccs1. The van der Waals surface area contributed by atoms with E-state index < -0.39 is 6.04 Å². The fourth-order valence-corrected chi connectivity index (χ4v) is 5.22. The Morgan fingerprint density at radius 2 is 2.17 bits per heavy atom. The average molecular weight is 426 g/mol. The van der Waals surface area contributed by atoms with E-state index in [1.165, 1.54) is 28.2 Å². The Morgan fingerprint density at radius 1 is 1.24 bits per heavy atom. The summed E-state index contributed by atoms with van der Waals surface area (Å²) >= 11 is 2.80. The summed E-state index contributed by atoms with van der Waals surface area (Å²) in [7, 11) is 0. The van der Waals surface area contributed by atoms with Crippen molar-refractivity contribution in [2.75, 3.05) is 18.5 Å². The normalized spacial score (nSPS) is 17.8. The average Bonchev–Trinajstić information content (AvgIpc) is 3.54. The molecule has 3 aromatic rings. The highest BCUT2D eigenvalue weighted by Gasteiger charge is 2.35. The Kier molecular flexibility index (Phi) is 4.81. The molecule has 8 heteroatoms. The maximum atomic E-state index is 12.8. The van der Waals surface area contributed by atoms with Crippen molar-refractivity contribution in [2.45, 2.75) is 25.3 Å². The lowest BCUT2D eigenvalue weighted by atomic mass is 10.1. The van der Waals surface area contributed by atoms with Crippen LogP contribution in [-0.2, 0) is 11.2 Å². The number of thiophene rings is 1. The second-order valence-corrected chi connectivity index (χ2v) is 8.89. The van der Waals surface area contributed by atoms with Gasteiger partial charge < -0.3 is 15.0 Å². The number of aromatic nitrogens is 1. The molecule has 0 aliphatic carbocycles. The summed E-state index contributed by atoms with van der Waals surface area (Å²) in [4.78, 5) is 32.5. The van der Waals surface area contributed by atoms with Gasteiger partial charge in [-0.3, -0.25) is 9.59 Å². The summed E-state index contributed by atoms with van der Waals surface area (Å²) in [6.07, 6.45) is 2.41. The highest BCUT2D eigenvalue weighted by Crippen LogP contribution is 2.32. The van der Waals surface area contributed by atoms with E-state index in [-0.39, 0.29) is 11.8 Å². The molecule has 2 aliphatic rings. The summed E-state index contributed by atoms with van der Waals surface area (Å²) in [5, 5.41) is 7.28. The molecule has 29 heavy (non-hydrogen) atoms. The van der Waals surface area contributed by atoms with Crippen molar-refractivity contribution < 1.29 is 14.3 Å². The number of benzene rings is 1. The number of ether oxygens (including phenoxy) is 1. The van der Waals surface area contributed by atoms with Crippen molar-refractivity contribution in [3.05, 3.63) is 51.5 Å². The number of carbonyl (C=O) groups excluding carboxylic acids is 2. The van der Waals surface area contributed by atoms with Crippen LogP contribution in [0.4, 0.5) is 5.13 Å². The number of nitrogens with one attached hydrogen (secondary N) is 1. The number of likely N-dealkylation sites (tertiary alicyclic amines) is 1. The highest BCUT2D eigenvalue weighted by atomic mass is 32.1. The molecule has 2 amide bonds. The van der Waals surface area contributed by atoms with Crippen LogP contribution in [0.3, 0.4) is 0 Å². The largest absolute Gasteiger partial charge is 0.493 e. The Hall–Kier alpha value is -2.71. The van der Waals surface area contributed by atoms with E-state index in [2.05, 4.69) is 16.4 Å². The number of carbonyl (C=O) groups is 2. The molecule has 0 radical (unpaired) electrons. The lowest BCUT2D eigenvalue weighted by Gasteiger charge is -2.22. The van der Waals surface area contributed by atoms with Gasteiger partial charge in [-0.25, -0.2) is 4.98 Å². The van der Waals surface area contributed by atoms with Crippen molar-refractivity contribution in [1.29, 1.82) is 0 Å². The predicted octanol–water partition coefficient (Wildman–Crippen LogP) is 4.05. The molecule has 148 valence electrons. The zero-order chi connectivity index (χ0) is 19.8. The molecule has 0 saturated carbocycles. The van der Waals surface area contributed by atoms with Gasteiger partial charge in [0, 0.05) is 23.9 Å². The number of hydrogen-bond donors (Lipinski definition) is 1. The Labute approximate surface area is 176 Å². The number of fused-ring (bicyclic) bond motifs is 1. The molecule has 2 aromatic heterocycles. The maximum Gasteiger partial charge on any atom is 0.264 e. The van der Waals surface area contributed by atoms with Gasteiger partial charge in [-0.2, -0.15) is 0 Å². The van der Waals surface area contributed by atoms with Gasteiger partial charge in [0.15, 0.2) is 5.13 Å². The molecule has 1 atom stereocenters. The van der Waals surface area contributed by atoms with E-state index in [0.717, 1.165) is 36.5 Å². The van der Waals surface area contributed by atoms with Crippen LogP contribution in [0.15, 0.2) is 41.1 Å². The van der Waals surface area contributed by atoms with Crippen LogP contribution < -0.4 is 10.1 Å². The second kappa shape index (κ2) is 7.61. The fourth-order valence-electron chi connectivity index (χ4n) is 3.82. The van der Waals surface area contributed by atoms with Crippen molar-refractivity contribution >= 4 is 39.6 Å². The molecule has 0 spiro atoms. The van der Waals surface area contributed by atoms with Gasteiger partial charge in [0.05, 0.1) is 17.2 Å². The molecule has 1 N–H and O–H groups in total. The van der Waals surface area contributed by atoms with Crippen LogP contribution in [0, 0.1) is 0 Å². The van der Waals surface area contributed by atoms with E-state index in [1.54, 1.807) is 11.0 Å². The van der Waals surface area contributed by atoms with Gasteiger partial charge in [0.1, 0.15) is 11.8 Å². The minimum absolute atomic E-state index is 0.0714. The van der Waals surface area contributed by atoms with Crippen molar-refractivity contribution in [3.63, 3.8) is 0 Å². The van der Waals surface area contributed by atoms with Gasteiger partial charge in [0.2, 0.25) is 5.91 Å². The van der Waals surface area contributed by atoms with Crippen molar-refractivity contribution in [3.8, 4) is 17.0 Å². The smallest absolute Gasteiger partial charge is 0.264 e. The first-order chi connectivity index (χ1) is 14.2. The molecule has 0 bridgehead atoms. The van der Waals surface area contributed by atoms with Crippen LogP contribution in [0.1, 0.15) is 28.1 Å². The Bertz CT molecular complexity index is 1060. The molecular formula is C21H19N3O3S2. The third-order valence-corrected chi connectivity index (χ3v) is 6.88. The van der Waals surface area contributed by atoms with Crippen LogP contribution in [0.2, 0.25) is 0 Å².